The molecule has 0 saturated heterocycles. The molecule has 0 bridgehead atoms. The average molecular weight is 411 g/mol. The van der Waals surface area contributed by atoms with Crippen LogP contribution in [0.15, 0.2) is 56.8 Å². The normalized spacial score (nSPS) is 11.2. The summed E-state index contributed by atoms with van der Waals surface area (Å²) in [4.78, 5) is 42.5. The van der Waals surface area contributed by atoms with Gasteiger partial charge in [0.15, 0.2) is 0 Å². The van der Waals surface area contributed by atoms with E-state index in [1.54, 1.807) is 6.92 Å². The van der Waals surface area contributed by atoms with Gasteiger partial charge in [-0.1, -0.05) is 30.3 Å². The Hall–Kier alpha value is -3.46. The SMILES string of the molecule is Cc1c(-c2ncco2)sc2c1c(=O)n(CC(=O)O)c(=O)n2CCc1ccccc1. The second-order valence-corrected chi connectivity index (χ2v) is 7.53. The summed E-state index contributed by atoms with van der Waals surface area (Å²) in [6.45, 7) is 1.36. The lowest BCUT2D eigenvalue weighted by molar-refractivity contribution is -0.137. The average Bonchev–Trinajstić information content (AvgIpc) is 3.34. The van der Waals surface area contributed by atoms with E-state index in [0.717, 1.165) is 10.1 Å². The molecule has 0 saturated carbocycles. The Bertz CT molecular complexity index is 1300. The summed E-state index contributed by atoms with van der Waals surface area (Å²) >= 11 is 1.25. The summed E-state index contributed by atoms with van der Waals surface area (Å²) in [5.74, 6) is -0.895. The summed E-state index contributed by atoms with van der Waals surface area (Å²) < 4.78 is 7.61. The fraction of sp³-hybridized carbons (Fsp3) is 0.200. The fourth-order valence-corrected chi connectivity index (χ4v) is 4.55. The molecule has 0 aliphatic carbocycles. The number of carboxylic acid groups (broad SMARTS) is 1. The van der Waals surface area contributed by atoms with Crippen LogP contribution in [0.3, 0.4) is 0 Å². The molecule has 3 heterocycles. The molecule has 0 radical (unpaired) electrons. The number of benzene rings is 1. The van der Waals surface area contributed by atoms with Gasteiger partial charge in [0.05, 0.1) is 16.5 Å². The molecular weight excluding hydrogens is 394 g/mol. The summed E-state index contributed by atoms with van der Waals surface area (Å²) in [6.07, 6.45) is 3.50. The monoisotopic (exact) mass is 411 g/mol. The van der Waals surface area contributed by atoms with Gasteiger partial charge in [-0.3, -0.25) is 14.2 Å². The van der Waals surface area contributed by atoms with Gasteiger partial charge < -0.3 is 9.52 Å². The highest BCUT2D eigenvalue weighted by Gasteiger charge is 2.23. The van der Waals surface area contributed by atoms with Gasteiger partial charge in [0.25, 0.3) is 5.56 Å². The second kappa shape index (κ2) is 7.51. The predicted molar refractivity (Wildman–Crippen MR) is 108 cm³/mol. The lowest BCUT2D eigenvalue weighted by Crippen LogP contribution is -2.41. The molecule has 0 spiro atoms. The van der Waals surface area contributed by atoms with Crippen LogP contribution in [-0.4, -0.2) is 25.2 Å². The number of hydrogen-bond donors (Lipinski definition) is 1. The van der Waals surface area contributed by atoms with Gasteiger partial charge >= 0.3 is 11.7 Å². The molecule has 0 amide bonds. The Morgan fingerprint density at radius 2 is 1.97 bits per heavy atom. The standard InChI is InChI=1S/C20H17N3O5S/c1-12-15-18(26)23(11-14(24)25)20(27)22(9-7-13-5-3-2-4-6-13)19(15)29-16(12)17-21-8-10-28-17/h2-6,8,10H,7,9,11H2,1H3,(H,24,25). The quantitative estimate of drug-likeness (QED) is 0.522. The summed E-state index contributed by atoms with van der Waals surface area (Å²) in [5.41, 5.74) is 0.394. The first kappa shape index (κ1) is 18.9. The van der Waals surface area contributed by atoms with E-state index in [0.29, 0.717) is 39.5 Å². The topological polar surface area (TPSA) is 107 Å². The number of carboxylic acids is 1. The Morgan fingerprint density at radius 1 is 1.21 bits per heavy atom. The van der Waals surface area contributed by atoms with Crippen molar-refractivity contribution in [2.75, 3.05) is 0 Å². The third-order valence-electron chi connectivity index (χ3n) is 4.68. The van der Waals surface area contributed by atoms with Gasteiger partial charge in [0.2, 0.25) is 5.89 Å². The molecule has 1 N–H and O–H groups in total. The van der Waals surface area contributed by atoms with Crippen molar-refractivity contribution in [1.82, 2.24) is 14.1 Å². The lowest BCUT2D eigenvalue weighted by Gasteiger charge is -2.11. The molecule has 4 aromatic rings. The minimum absolute atomic E-state index is 0.310. The van der Waals surface area contributed by atoms with Gasteiger partial charge in [-0.05, 0) is 24.5 Å². The minimum Gasteiger partial charge on any atom is -0.480 e. The van der Waals surface area contributed by atoms with E-state index >= 15 is 0 Å². The molecular formula is C20H17N3O5S. The summed E-state index contributed by atoms with van der Waals surface area (Å²) in [7, 11) is 0. The van der Waals surface area contributed by atoms with Gasteiger partial charge in [0.1, 0.15) is 17.6 Å². The third-order valence-corrected chi connectivity index (χ3v) is 5.98. The van der Waals surface area contributed by atoms with Crippen molar-refractivity contribution >= 4 is 27.5 Å². The first-order valence-corrected chi connectivity index (χ1v) is 9.71. The molecule has 0 unspecified atom stereocenters. The van der Waals surface area contributed by atoms with E-state index in [2.05, 4.69) is 4.98 Å². The van der Waals surface area contributed by atoms with Crippen molar-refractivity contribution in [3.8, 4) is 10.8 Å². The molecule has 148 valence electrons. The van der Waals surface area contributed by atoms with E-state index in [1.165, 1.54) is 28.4 Å². The minimum atomic E-state index is -1.25. The number of hydrogen-bond acceptors (Lipinski definition) is 6. The van der Waals surface area contributed by atoms with Crippen LogP contribution in [-0.2, 0) is 24.3 Å². The van der Waals surface area contributed by atoms with Gasteiger partial charge in [-0.15, -0.1) is 11.3 Å². The first-order valence-electron chi connectivity index (χ1n) is 8.89. The second-order valence-electron chi connectivity index (χ2n) is 6.53. The highest BCUT2D eigenvalue weighted by Crippen LogP contribution is 2.35. The van der Waals surface area contributed by atoms with Crippen LogP contribution in [0.2, 0.25) is 0 Å². The van der Waals surface area contributed by atoms with Crippen LogP contribution in [0.25, 0.3) is 21.0 Å². The fourth-order valence-electron chi connectivity index (χ4n) is 3.29. The maximum Gasteiger partial charge on any atom is 0.332 e. The van der Waals surface area contributed by atoms with E-state index in [4.69, 9.17) is 4.42 Å². The Balaban J connectivity index is 1.94. The first-order chi connectivity index (χ1) is 14.0. The predicted octanol–water partition coefficient (Wildman–Crippen LogP) is 2.52. The van der Waals surface area contributed by atoms with Crippen molar-refractivity contribution in [3.05, 3.63) is 74.8 Å². The van der Waals surface area contributed by atoms with Gasteiger partial charge in [-0.2, -0.15) is 0 Å². The molecule has 1 aromatic carbocycles. The molecule has 8 nitrogen and oxygen atoms in total. The summed E-state index contributed by atoms with van der Waals surface area (Å²) in [5, 5.41) is 9.50. The van der Waals surface area contributed by atoms with Crippen LogP contribution in [0.1, 0.15) is 11.1 Å². The molecule has 0 aliphatic heterocycles. The molecule has 29 heavy (non-hydrogen) atoms. The largest absolute Gasteiger partial charge is 0.480 e. The van der Waals surface area contributed by atoms with Crippen LogP contribution < -0.4 is 11.2 Å². The van der Waals surface area contributed by atoms with Crippen LogP contribution in [0, 0.1) is 6.92 Å². The van der Waals surface area contributed by atoms with E-state index < -0.39 is 23.8 Å². The summed E-state index contributed by atoms with van der Waals surface area (Å²) in [6, 6.07) is 9.64. The molecule has 3 aromatic heterocycles. The zero-order chi connectivity index (χ0) is 20.5. The van der Waals surface area contributed by atoms with Crippen LogP contribution >= 0.6 is 11.3 Å². The number of aliphatic carboxylic acids is 1. The van der Waals surface area contributed by atoms with Gasteiger partial charge in [-0.25, -0.2) is 14.3 Å². The van der Waals surface area contributed by atoms with Crippen molar-refractivity contribution in [2.24, 2.45) is 0 Å². The zero-order valence-electron chi connectivity index (χ0n) is 15.5. The van der Waals surface area contributed by atoms with Gasteiger partial charge in [0, 0.05) is 6.54 Å². The Morgan fingerprint density at radius 3 is 2.62 bits per heavy atom. The molecule has 9 heteroatoms. The maximum atomic E-state index is 13.0. The van der Waals surface area contributed by atoms with E-state index in [1.807, 2.05) is 30.3 Å². The number of rotatable bonds is 6. The number of nitrogens with zero attached hydrogens (tertiary/aromatic N) is 3. The van der Waals surface area contributed by atoms with Crippen molar-refractivity contribution in [3.63, 3.8) is 0 Å². The van der Waals surface area contributed by atoms with Crippen molar-refractivity contribution in [2.45, 2.75) is 26.4 Å². The number of aryl methyl sites for hydroxylation is 3. The number of thiophene rings is 1. The highest BCUT2D eigenvalue weighted by atomic mass is 32.1. The Labute approximate surface area is 168 Å². The smallest absolute Gasteiger partial charge is 0.332 e. The van der Waals surface area contributed by atoms with Crippen molar-refractivity contribution in [1.29, 1.82) is 0 Å². The lowest BCUT2D eigenvalue weighted by atomic mass is 10.1. The molecule has 4 rings (SSSR count). The van der Waals surface area contributed by atoms with Crippen LogP contribution in [0.5, 0.6) is 0 Å². The van der Waals surface area contributed by atoms with E-state index in [-0.39, 0.29) is 0 Å². The maximum absolute atomic E-state index is 13.0. The van der Waals surface area contributed by atoms with E-state index in [9.17, 15) is 19.5 Å². The number of fused-ring (bicyclic) bond motifs is 1. The molecule has 0 fully saturated rings. The number of carbonyl (C=O) groups is 1. The zero-order valence-corrected chi connectivity index (χ0v) is 16.3. The van der Waals surface area contributed by atoms with Crippen molar-refractivity contribution < 1.29 is 14.3 Å². The highest BCUT2D eigenvalue weighted by molar-refractivity contribution is 7.22. The molecule has 0 atom stereocenters. The number of oxazole rings is 1. The number of aromatic nitrogens is 3. The third kappa shape index (κ3) is 3.40. The Kier molecular flexibility index (Phi) is 4.89. The van der Waals surface area contributed by atoms with Crippen LogP contribution in [0.4, 0.5) is 0 Å². The molecule has 0 aliphatic rings.